The number of methoxy groups -OCH3 is 1. The van der Waals surface area contributed by atoms with Crippen LogP contribution < -0.4 is 0 Å². The van der Waals surface area contributed by atoms with Gasteiger partial charge in [0.25, 0.3) is 0 Å². The largest absolute Gasteiger partial charge is 0.468 e. The van der Waals surface area contributed by atoms with E-state index in [9.17, 15) is 9.90 Å². The number of hydrogen-bond acceptors (Lipinski definition) is 5. The van der Waals surface area contributed by atoms with Gasteiger partial charge in [-0.25, -0.2) is 0 Å². The summed E-state index contributed by atoms with van der Waals surface area (Å²) in [6, 6.07) is 0. The predicted octanol–water partition coefficient (Wildman–Crippen LogP) is 0.824. The Bertz CT molecular complexity index is 267. The van der Waals surface area contributed by atoms with Gasteiger partial charge in [0.15, 0.2) is 0 Å². The maximum Gasteiger partial charge on any atom is 0.315 e. The van der Waals surface area contributed by atoms with Gasteiger partial charge in [-0.2, -0.15) is 11.8 Å². The first kappa shape index (κ1) is 12.2. The zero-order valence-electron chi connectivity index (χ0n) is 9.53. The van der Waals surface area contributed by atoms with Crippen molar-refractivity contribution in [3.63, 3.8) is 0 Å². The first-order valence-electron chi connectivity index (χ1n) is 5.61. The van der Waals surface area contributed by atoms with Gasteiger partial charge in [0.05, 0.1) is 13.7 Å². The lowest BCUT2D eigenvalue weighted by molar-refractivity contribution is -0.171. The molecule has 0 aliphatic carbocycles. The summed E-state index contributed by atoms with van der Waals surface area (Å²) in [6.45, 7) is 0.780. The van der Waals surface area contributed by atoms with Crippen molar-refractivity contribution in [1.29, 1.82) is 0 Å². The second kappa shape index (κ2) is 4.55. The molecule has 1 N–H and O–H groups in total. The molecule has 0 aromatic heterocycles. The Kier molecular flexibility index (Phi) is 3.47. The maximum atomic E-state index is 12.0. The van der Waals surface area contributed by atoms with E-state index in [-0.39, 0.29) is 12.6 Å². The minimum absolute atomic E-state index is 0.253. The molecule has 2 rings (SSSR count). The molecule has 0 aromatic carbocycles. The van der Waals surface area contributed by atoms with Crippen molar-refractivity contribution < 1.29 is 19.4 Å². The Labute approximate surface area is 99.7 Å². The van der Waals surface area contributed by atoms with Crippen molar-refractivity contribution in [2.45, 2.75) is 24.9 Å². The third kappa shape index (κ3) is 1.75. The van der Waals surface area contributed by atoms with E-state index in [1.54, 1.807) is 11.8 Å². The first-order chi connectivity index (χ1) is 7.65. The zero-order valence-corrected chi connectivity index (χ0v) is 10.3. The summed E-state index contributed by atoms with van der Waals surface area (Å²) in [4.78, 5) is 12.0. The van der Waals surface area contributed by atoms with E-state index in [1.165, 1.54) is 7.11 Å². The van der Waals surface area contributed by atoms with Crippen LogP contribution in [-0.4, -0.2) is 48.5 Å². The fourth-order valence-corrected chi connectivity index (χ4v) is 4.01. The molecular formula is C11H18O4S. The number of carbonyl (C=O) groups excluding carboxylic acids is 1. The lowest BCUT2D eigenvalue weighted by Gasteiger charge is -2.44. The Hall–Kier alpha value is -0.260. The van der Waals surface area contributed by atoms with Crippen LogP contribution in [0.1, 0.15) is 19.3 Å². The molecular weight excluding hydrogens is 228 g/mol. The normalized spacial score (nSPS) is 39.6. The maximum absolute atomic E-state index is 12.0. The van der Waals surface area contributed by atoms with Crippen LogP contribution in [0, 0.1) is 5.41 Å². The van der Waals surface area contributed by atoms with E-state index in [0.717, 1.165) is 12.2 Å². The van der Waals surface area contributed by atoms with Gasteiger partial charge in [-0.3, -0.25) is 4.79 Å². The number of rotatable bonds is 2. The fourth-order valence-electron chi connectivity index (χ4n) is 2.64. The highest BCUT2D eigenvalue weighted by atomic mass is 32.2. The number of esters is 1. The lowest BCUT2D eigenvalue weighted by atomic mass is 9.69. The average molecular weight is 246 g/mol. The molecule has 2 unspecified atom stereocenters. The van der Waals surface area contributed by atoms with E-state index < -0.39 is 11.0 Å². The second-order valence-corrected chi connectivity index (χ2v) is 5.67. The van der Waals surface area contributed by atoms with Gasteiger partial charge in [0.1, 0.15) is 11.0 Å². The molecule has 0 bridgehead atoms. The lowest BCUT2D eigenvalue weighted by Crippen LogP contribution is -2.57. The predicted molar refractivity (Wildman–Crippen MR) is 61.4 cm³/mol. The smallest absolute Gasteiger partial charge is 0.315 e. The van der Waals surface area contributed by atoms with Crippen LogP contribution in [-0.2, 0) is 14.3 Å². The number of carbonyl (C=O) groups is 1. The Morgan fingerprint density at radius 2 is 2.31 bits per heavy atom. The molecule has 4 nitrogen and oxygen atoms in total. The fraction of sp³-hybridized carbons (Fsp3) is 0.909. The number of aliphatic hydroxyl groups is 1. The van der Waals surface area contributed by atoms with Crippen LogP contribution in [0.25, 0.3) is 0 Å². The van der Waals surface area contributed by atoms with Crippen LogP contribution >= 0.6 is 11.8 Å². The summed E-state index contributed by atoms with van der Waals surface area (Å²) in [5, 5.41) is 10.6. The van der Waals surface area contributed by atoms with E-state index in [0.29, 0.717) is 25.2 Å². The third-order valence-electron chi connectivity index (χ3n) is 3.71. The highest BCUT2D eigenvalue weighted by molar-refractivity contribution is 7.99. The summed E-state index contributed by atoms with van der Waals surface area (Å²) >= 11 is 1.71. The summed E-state index contributed by atoms with van der Waals surface area (Å²) < 4.78 is 10.2. The number of ether oxygens (including phenoxy) is 2. The van der Waals surface area contributed by atoms with E-state index in [1.807, 2.05) is 0 Å². The van der Waals surface area contributed by atoms with E-state index in [4.69, 9.17) is 9.47 Å². The average Bonchev–Trinajstić information content (AvgIpc) is 2.77. The van der Waals surface area contributed by atoms with Gasteiger partial charge in [-0.05, 0) is 18.6 Å². The molecule has 2 atom stereocenters. The van der Waals surface area contributed by atoms with Crippen molar-refractivity contribution in [3.05, 3.63) is 0 Å². The second-order valence-electron chi connectivity index (χ2n) is 4.56. The summed E-state index contributed by atoms with van der Waals surface area (Å²) in [6.07, 6.45) is 2.18. The number of hydrogen-bond donors (Lipinski definition) is 1. The Balaban J connectivity index is 2.28. The Morgan fingerprint density at radius 1 is 1.50 bits per heavy atom. The molecule has 0 saturated carbocycles. The summed E-state index contributed by atoms with van der Waals surface area (Å²) in [5.41, 5.74) is -1.80. The van der Waals surface area contributed by atoms with Crippen molar-refractivity contribution in [3.8, 4) is 0 Å². The highest BCUT2D eigenvalue weighted by Crippen LogP contribution is 2.47. The van der Waals surface area contributed by atoms with Gasteiger partial charge < -0.3 is 14.6 Å². The summed E-state index contributed by atoms with van der Waals surface area (Å²) in [5.74, 6) is 1.41. The molecule has 2 aliphatic heterocycles. The van der Waals surface area contributed by atoms with Crippen LogP contribution in [0.2, 0.25) is 0 Å². The van der Waals surface area contributed by atoms with Crippen LogP contribution in [0.5, 0.6) is 0 Å². The molecule has 0 aromatic rings. The molecule has 0 radical (unpaired) electrons. The van der Waals surface area contributed by atoms with Crippen molar-refractivity contribution in [1.82, 2.24) is 0 Å². The highest BCUT2D eigenvalue weighted by Gasteiger charge is 2.58. The van der Waals surface area contributed by atoms with Crippen LogP contribution in [0.3, 0.4) is 0 Å². The minimum Gasteiger partial charge on any atom is -0.468 e. The molecule has 5 heteroatoms. The molecule has 2 heterocycles. The minimum atomic E-state index is -1.03. The van der Waals surface area contributed by atoms with Gasteiger partial charge in [0, 0.05) is 18.8 Å². The topological polar surface area (TPSA) is 55.8 Å². The van der Waals surface area contributed by atoms with Gasteiger partial charge in [0.2, 0.25) is 0 Å². The molecule has 92 valence electrons. The molecule has 2 fully saturated rings. The van der Waals surface area contributed by atoms with Crippen molar-refractivity contribution in [2.24, 2.45) is 5.41 Å². The van der Waals surface area contributed by atoms with Crippen molar-refractivity contribution >= 4 is 17.7 Å². The standard InChI is InChI=1S/C11H18O4S/c1-14-9(12)10(3-2-6-16-8-10)11(13)4-5-15-7-11/h13H,2-8H2,1H3. The molecule has 16 heavy (non-hydrogen) atoms. The molecule has 0 amide bonds. The van der Waals surface area contributed by atoms with E-state index >= 15 is 0 Å². The van der Waals surface area contributed by atoms with Crippen LogP contribution in [0.15, 0.2) is 0 Å². The first-order valence-corrected chi connectivity index (χ1v) is 6.76. The summed E-state index contributed by atoms with van der Waals surface area (Å²) in [7, 11) is 1.39. The molecule has 0 spiro atoms. The van der Waals surface area contributed by atoms with Crippen LogP contribution in [0.4, 0.5) is 0 Å². The molecule has 2 saturated heterocycles. The van der Waals surface area contributed by atoms with Crippen molar-refractivity contribution in [2.75, 3.05) is 31.8 Å². The SMILES string of the molecule is COC(=O)C1(C2(O)CCOC2)CCCSC1. The number of thioether (sulfide) groups is 1. The monoisotopic (exact) mass is 246 g/mol. The van der Waals surface area contributed by atoms with Gasteiger partial charge >= 0.3 is 5.97 Å². The Morgan fingerprint density at radius 3 is 2.81 bits per heavy atom. The zero-order chi connectivity index (χ0) is 11.6. The third-order valence-corrected chi connectivity index (χ3v) is 4.98. The van der Waals surface area contributed by atoms with Gasteiger partial charge in [-0.1, -0.05) is 0 Å². The quantitative estimate of drug-likeness (QED) is 0.731. The van der Waals surface area contributed by atoms with Gasteiger partial charge in [-0.15, -0.1) is 0 Å². The van der Waals surface area contributed by atoms with E-state index in [2.05, 4.69) is 0 Å². The molecule has 2 aliphatic rings.